The molecular formula is C21H33NO4. The minimum atomic E-state index is -0.807. The number of amides is 1. The van der Waals surface area contributed by atoms with Gasteiger partial charge in [-0.25, -0.2) is 4.79 Å². The Morgan fingerprint density at radius 1 is 0.885 bits per heavy atom. The molecule has 0 atom stereocenters. The number of unbranched alkanes of at least 4 members (excludes halogenated alkanes) is 8. The predicted octanol–water partition coefficient (Wildman–Crippen LogP) is 4.39. The number of carbonyl (C=O) groups is 2. The van der Waals surface area contributed by atoms with E-state index in [4.69, 9.17) is 9.47 Å². The summed E-state index contributed by atoms with van der Waals surface area (Å²) >= 11 is 0. The fraction of sp³-hybridized carbons (Fsp3) is 0.619. The Hall–Kier alpha value is -2.04. The van der Waals surface area contributed by atoms with Crippen LogP contribution in [0.15, 0.2) is 24.3 Å². The van der Waals surface area contributed by atoms with Crippen molar-refractivity contribution in [1.29, 1.82) is 0 Å². The highest BCUT2D eigenvalue weighted by atomic mass is 16.5. The topological polar surface area (TPSA) is 64.6 Å². The van der Waals surface area contributed by atoms with E-state index in [1.807, 2.05) is 24.3 Å². The van der Waals surface area contributed by atoms with Crippen molar-refractivity contribution in [2.75, 3.05) is 13.7 Å². The van der Waals surface area contributed by atoms with Gasteiger partial charge in [0.05, 0.1) is 13.7 Å². The summed E-state index contributed by atoms with van der Waals surface area (Å²) in [7, 11) is 1.60. The van der Waals surface area contributed by atoms with Gasteiger partial charge in [0.2, 0.25) is 0 Å². The van der Waals surface area contributed by atoms with Crippen LogP contribution < -0.4 is 10.1 Å². The summed E-state index contributed by atoms with van der Waals surface area (Å²) in [6, 6.07) is 7.30. The van der Waals surface area contributed by atoms with Crippen molar-refractivity contribution in [1.82, 2.24) is 5.32 Å². The zero-order valence-electron chi connectivity index (χ0n) is 16.2. The number of esters is 1. The van der Waals surface area contributed by atoms with Gasteiger partial charge in [0.1, 0.15) is 5.75 Å². The van der Waals surface area contributed by atoms with E-state index in [-0.39, 0.29) is 6.54 Å². The first-order valence-corrected chi connectivity index (χ1v) is 9.75. The van der Waals surface area contributed by atoms with E-state index in [0.29, 0.717) is 6.61 Å². The van der Waals surface area contributed by atoms with Gasteiger partial charge in [-0.1, -0.05) is 70.4 Å². The molecule has 0 radical (unpaired) electrons. The fourth-order valence-electron chi connectivity index (χ4n) is 2.64. The van der Waals surface area contributed by atoms with Crippen molar-refractivity contribution >= 4 is 11.9 Å². The lowest BCUT2D eigenvalue weighted by molar-refractivity contribution is -0.155. The van der Waals surface area contributed by atoms with Crippen molar-refractivity contribution in [3.63, 3.8) is 0 Å². The second-order valence-corrected chi connectivity index (χ2v) is 6.50. The molecule has 0 heterocycles. The Morgan fingerprint density at radius 3 is 2.04 bits per heavy atom. The fourth-order valence-corrected chi connectivity index (χ4v) is 2.64. The van der Waals surface area contributed by atoms with Gasteiger partial charge in [-0.3, -0.25) is 4.79 Å². The molecule has 5 nitrogen and oxygen atoms in total. The van der Waals surface area contributed by atoms with Crippen LogP contribution in [-0.4, -0.2) is 25.6 Å². The van der Waals surface area contributed by atoms with Crippen LogP contribution in [0.1, 0.15) is 70.3 Å². The first-order valence-electron chi connectivity index (χ1n) is 9.75. The lowest BCUT2D eigenvalue weighted by Gasteiger charge is -2.07. The van der Waals surface area contributed by atoms with Crippen molar-refractivity contribution in [2.45, 2.75) is 71.3 Å². The number of rotatable bonds is 13. The second-order valence-electron chi connectivity index (χ2n) is 6.50. The first kappa shape index (κ1) is 22.0. The van der Waals surface area contributed by atoms with E-state index in [9.17, 15) is 9.59 Å². The minimum Gasteiger partial charge on any atom is -0.497 e. The number of hydrogen-bond donors (Lipinski definition) is 1. The molecule has 1 N–H and O–H groups in total. The highest BCUT2D eigenvalue weighted by molar-refractivity contribution is 6.32. The Labute approximate surface area is 157 Å². The van der Waals surface area contributed by atoms with Crippen molar-refractivity contribution in [3.8, 4) is 5.75 Å². The number of hydrogen-bond acceptors (Lipinski definition) is 4. The first-order chi connectivity index (χ1) is 12.7. The summed E-state index contributed by atoms with van der Waals surface area (Å²) in [5.74, 6) is -0.754. The largest absolute Gasteiger partial charge is 0.497 e. The van der Waals surface area contributed by atoms with Crippen molar-refractivity contribution < 1.29 is 19.1 Å². The molecule has 0 aliphatic rings. The van der Waals surface area contributed by atoms with Gasteiger partial charge in [-0.15, -0.1) is 0 Å². The molecule has 1 amide bonds. The molecule has 0 fully saturated rings. The molecule has 0 aromatic heterocycles. The molecule has 0 saturated heterocycles. The average molecular weight is 363 g/mol. The van der Waals surface area contributed by atoms with Crippen LogP contribution in [0.25, 0.3) is 0 Å². The molecular weight excluding hydrogens is 330 g/mol. The monoisotopic (exact) mass is 363 g/mol. The third-order valence-corrected chi connectivity index (χ3v) is 4.28. The van der Waals surface area contributed by atoms with Crippen molar-refractivity contribution in [3.05, 3.63) is 29.8 Å². The van der Waals surface area contributed by atoms with Crippen LogP contribution >= 0.6 is 0 Å². The highest BCUT2D eigenvalue weighted by Crippen LogP contribution is 2.11. The summed E-state index contributed by atoms with van der Waals surface area (Å²) < 4.78 is 10.1. The summed E-state index contributed by atoms with van der Waals surface area (Å²) in [5.41, 5.74) is 0.894. The third kappa shape index (κ3) is 10.1. The SMILES string of the molecule is CCCCCCCCCCCOC(=O)C(=O)NCc1ccc(OC)cc1. The van der Waals surface area contributed by atoms with Crippen LogP contribution in [0.5, 0.6) is 5.75 Å². The second kappa shape index (κ2) is 14.2. The van der Waals surface area contributed by atoms with Crippen LogP contribution in [0.4, 0.5) is 0 Å². The van der Waals surface area contributed by atoms with Gasteiger partial charge >= 0.3 is 11.9 Å². The predicted molar refractivity (Wildman–Crippen MR) is 103 cm³/mol. The van der Waals surface area contributed by atoms with Crippen LogP contribution in [-0.2, 0) is 20.9 Å². The summed E-state index contributed by atoms with van der Waals surface area (Å²) in [5, 5.41) is 2.57. The summed E-state index contributed by atoms with van der Waals surface area (Å²) in [6.07, 6.45) is 10.8. The van der Waals surface area contributed by atoms with Gasteiger partial charge < -0.3 is 14.8 Å². The maximum Gasteiger partial charge on any atom is 0.396 e. The number of nitrogens with one attached hydrogen (secondary N) is 1. The molecule has 1 aromatic carbocycles. The molecule has 5 heteroatoms. The Balaban J connectivity index is 2.03. The van der Waals surface area contributed by atoms with Crippen LogP contribution in [0.3, 0.4) is 0 Å². The van der Waals surface area contributed by atoms with Crippen LogP contribution in [0.2, 0.25) is 0 Å². The third-order valence-electron chi connectivity index (χ3n) is 4.28. The number of ether oxygens (including phenoxy) is 2. The quantitative estimate of drug-likeness (QED) is 0.321. The molecule has 1 aromatic rings. The molecule has 0 aliphatic heterocycles. The van der Waals surface area contributed by atoms with Gasteiger partial charge in [0, 0.05) is 6.54 Å². The molecule has 0 saturated carbocycles. The molecule has 0 aliphatic carbocycles. The zero-order valence-corrected chi connectivity index (χ0v) is 16.2. The number of methoxy groups -OCH3 is 1. The standard InChI is InChI=1S/C21H33NO4/c1-3-4-5-6-7-8-9-10-11-16-26-21(24)20(23)22-17-18-12-14-19(25-2)15-13-18/h12-15H,3-11,16-17H2,1-2H3,(H,22,23). The van der Waals surface area contributed by atoms with E-state index < -0.39 is 11.9 Å². The lowest BCUT2D eigenvalue weighted by atomic mass is 10.1. The van der Waals surface area contributed by atoms with Gasteiger partial charge in [0.15, 0.2) is 0 Å². The highest BCUT2D eigenvalue weighted by Gasteiger charge is 2.14. The Kier molecular flexibility index (Phi) is 12.0. The van der Waals surface area contributed by atoms with Gasteiger partial charge in [0.25, 0.3) is 0 Å². The van der Waals surface area contributed by atoms with E-state index in [0.717, 1.165) is 30.6 Å². The Bertz CT molecular complexity index is 513. The molecule has 0 spiro atoms. The molecule has 0 unspecified atom stereocenters. The maximum absolute atomic E-state index is 11.7. The van der Waals surface area contributed by atoms with E-state index >= 15 is 0 Å². The Morgan fingerprint density at radius 2 is 1.46 bits per heavy atom. The van der Waals surface area contributed by atoms with Crippen LogP contribution in [0, 0.1) is 0 Å². The van der Waals surface area contributed by atoms with Gasteiger partial charge in [-0.05, 0) is 24.1 Å². The molecule has 146 valence electrons. The normalized spacial score (nSPS) is 10.4. The number of benzene rings is 1. The molecule has 26 heavy (non-hydrogen) atoms. The lowest BCUT2D eigenvalue weighted by Crippen LogP contribution is -2.32. The minimum absolute atomic E-state index is 0.288. The summed E-state index contributed by atoms with van der Waals surface area (Å²) in [4.78, 5) is 23.4. The molecule has 1 rings (SSSR count). The smallest absolute Gasteiger partial charge is 0.396 e. The number of carbonyl (C=O) groups excluding carboxylic acids is 2. The van der Waals surface area contributed by atoms with Gasteiger partial charge in [-0.2, -0.15) is 0 Å². The van der Waals surface area contributed by atoms with E-state index in [1.165, 1.54) is 38.5 Å². The van der Waals surface area contributed by atoms with E-state index in [1.54, 1.807) is 7.11 Å². The summed E-state index contributed by atoms with van der Waals surface area (Å²) in [6.45, 7) is 2.82. The molecule has 0 bridgehead atoms. The zero-order chi connectivity index (χ0) is 19.0. The maximum atomic E-state index is 11.7. The average Bonchev–Trinajstić information content (AvgIpc) is 2.67. The van der Waals surface area contributed by atoms with E-state index in [2.05, 4.69) is 12.2 Å². The van der Waals surface area contributed by atoms with Crippen molar-refractivity contribution in [2.24, 2.45) is 0 Å².